The minimum Gasteiger partial charge on any atom is -0.335 e. The Morgan fingerprint density at radius 3 is 2.83 bits per heavy atom. The van der Waals surface area contributed by atoms with Gasteiger partial charge in [-0.3, -0.25) is 19.5 Å². The van der Waals surface area contributed by atoms with E-state index in [-0.39, 0.29) is 30.8 Å². The van der Waals surface area contributed by atoms with Crippen LogP contribution in [0.5, 0.6) is 0 Å². The van der Waals surface area contributed by atoms with Gasteiger partial charge in [0.15, 0.2) is 0 Å². The minimum atomic E-state index is -0.584. The van der Waals surface area contributed by atoms with E-state index in [0.717, 1.165) is 0 Å². The summed E-state index contributed by atoms with van der Waals surface area (Å²) in [5.74, 6) is 0.0149. The number of carbonyl (C=O) groups excluding carboxylic acids is 3. The van der Waals surface area contributed by atoms with E-state index in [9.17, 15) is 14.4 Å². The standard InChI is InChI=1S/C16H23N5O3/c1-11(2)8-20-10-14(22)21-7-3-6-19(9-13(21)16(20)24)15(23)12-4-5-17-18-12/h4-5,11,13H,3,6-10H2,1-2H3,(H,17,18). The molecule has 0 aromatic carbocycles. The van der Waals surface area contributed by atoms with Crippen molar-refractivity contribution in [3.8, 4) is 0 Å². The van der Waals surface area contributed by atoms with E-state index in [1.807, 2.05) is 13.8 Å². The highest BCUT2D eigenvalue weighted by Gasteiger charge is 2.42. The Morgan fingerprint density at radius 1 is 1.38 bits per heavy atom. The first kappa shape index (κ1) is 16.5. The molecule has 24 heavy (non-hydrogen) atoms. The Bertz CT molecular complexity index is 628. The van der Waals surface area contributed by atoms with Gasteiger partial charge in [-0.1, -0.05) is 13.8 Å². The zero-order valence-corrected chi connectivity index (χ0v) is 14.1. The molecular weight excluding hydrogens is 310 g/mol. The van der Waals surface area contributed by atoms with E-state index >= 15 is 0 Å². The largest absolute Gasteiger partial charge is 0.335 e. The molecule has 130 valence electrons. The molecule has 3 heterocycles. The Labute approximate surface area is 140 Å². The summed E-state index contributed by atoms with van der Waals surface area (Å²) in [5, 5.41) is 6.47. The number of aromatic amines is 1. The van der Waals surface area contributed by atoms with Crippen molar-refractivity contribution in [2.75, 3.05) is 32.7 Å². The molecular formula is C16H23N5O3. The molecule has 0 radical (unpaired) electrons. The number of piperazine rings is 1. The summed E-state index contributed by atoms with van der Waals surface area (Å²) >= 11 is 0. The number of rotatable bonds is 3. The van der Waals surface area contributed by atoms with Crippen LogP contribution >= 0.6 is 0 Å². The van der Waals surface area contributed by atoms with Crippen LogP contribution in [-0.4, -0.2) is 81.4 Å². The second kappa shape index (κ2) is 6.62. The van der Waals surface area contributed by atoms with Gasteiger partial charge < -0.3 is 14.7 Å². The average molecular weight is 333 g/mol. The summed E-state index contributed by atoms with van der Waals surface area (Å²) in [7, 11) is 0. The molecule has 1 N–H and O–H groups in total. The van der Waals surface area contributed by atoms with Crippen molar-refractivity contribution < 1.29 is 14.4 Å². The second-order valence-electron chi connectivity index (χ2n) is 6.79. The highest BCUT2D eigenvalue weighted by atomic mass is 16.2. The number of nitrogens with one attached hydrogen (secondary N) is 1. The van der Waals surface area contributed by atoms with Gasteiger partial charge in [0.1, 0.15) is 11.7 Å². The zero-order chi connectivity index (χ0) is 17.3. The van der Waals surface area contributed by atoms with Crippen LogP contribution in [0, 0.1) is 5.92 Å². The maximum Gasteiger partial charge on any atom is 0.271 e. The van der Waals surface area contributed by atoms with Crippen molar-refractivity contribution in [2.45, 2.75) is 26.3 Å². The first-order chi connectivity index (χ1) is 11.5. The lowest BCUT2D eigenvalue weighted by molar-refractivity contribution is -0.156. The van der Waals surface area contributed by atoms with Crippen molar-refractivity contribution in [3.63, 3.8) is 0 Å². The van der Waals surface area contributed by atoms with E-state index in [4.69, 9.17) is 0 Å². The molecule has 1 aromatic rings. The Balaban J connectivity index is 1.79. The van der Waals surface area contributed by atoms with E-state index in [2.05, 4.69) is 10.2 Å². The molecule has 0 aliphatic carbocycles. The number of amides is 3. The molecule has 2 aliphatic heterocycles. The van der Waals surface area contributed by atoms with Gasteiger partial charge in [-0.2, -0.15) is 5.10 Å². The van der Waals surface area contributed by atoms with Crippen molar-refractivity contribution in [1.29, 1.82) is 0 Å². The highest BCUT2D eigenvalue weighted by molar-refractivity contribution is 5.96. The van der Waals surface area contributed by atoms with Gasteiger partial charge in [0, 0.05) is 25.8 Å². The number of hydrogen-bond acceptors (Lipinski definition) is 4. The normalized spacial score (nSPS) is 22.0. The first-order valence-electron chi connectivity index (χ1n) is 8.34. The van der Waals surface area contributed by atoms with Crippen molar-refractivity contribution in [1.82, 2.24) is 24.9 Å². The lowest BCUT2D eigenvalue weighted by Gasteiger charge is -2.40. The highest BCUT2D eigenvalue weighted by Crippen LogP contribution is 2.20. The van der Waals surface area contributed by atoms with Gasteiger partial charge in [0.2, 0.25) is 11.8 Å². The Kier molecular flexibility index (Phi) is 4.55. The smallest absolute Gasteiger partial charge is 0.271 e. The third-order valence-electron chi connectivity index (χ3n) is 4.44. The molecule has 0 bridgehead atoms. The minimum absolute atomic E-state index is 0.0314. The van der Waals surface area contributed by atoms with Crippen molar-refractivity contribution >= 4 is 17.7 Å². The fourth-order valence-corrected chi connectivity index (χ4v) is 3.36. The third kappa shape index (κ3) is 3.13. The zero-order valence-electron chi connectivity index (χ0n) is 14.1. The van der Waals surface area contributed by atoms with Crippen molar-refractivity contribution in [3.05, 3.63) is 18.0 Å². The van der Waals surface area contributed by atoms with E-state index < -0.39 is 6.04 Å². The fraction of sp³-hybridized carbons (Fsp3) is 0.625. The van der Waals surface area contributed by atoms with Crippen LogP contribution < -0.4 is 0 Å². The van der Waals surface area contributed by atoms with E-state index in [1.165, 1.54) is 6.20 Å². The summed E-state index contributed by atoms with van der Waals surface area (Å²) in [5.41, 5.74) is 0.400. The molecule has 2 saturated heterocycles. The number of carbonyl (C=O) groups is 3. The number of hydrogen-bond donors (Lipinski definition) is 1. The van der Waals surface area contributed by atoms with Gasteiger partial charge in [-0.15, -0.1) is 0 Å². The van der Waals surface area contributed by atoms with Gasteiger partial charge in [0.05, 0.1) is 13.1 Å². The van der Waals surface area contributed by atoms with Crippen LogP contribution in [0.15, 0.2) is 12.3 Å². The quantitative estimate of drug-likeness (QED) is 0.840. The molecule has 2 aliphatic rings. The second-order valence-corrected chi connectivity index (χ2v) is 6.79. The maximum absolute atomic E-state index is 12.8. The molecule has 1 unspecified atom stereocenters. The Morgan fingerprint density at radius 2 is 2.17 bits per heavy atom. The molecule has 1 aromatic heterocycles. The predicted octanol–water partition coefficient (Wildman–Crippen LogP) is -0.0490. The number of nitrogens with zero attached hydrogens (tertiary/aromatic N) is 4. The van der Waals surface area contributed by atoms with Gasteiger partial charge >= 0.3 is 0 Å². The predicted molar refractivity (Wildman–Crippen MR) is 86.0 cm³/mol. The molecule has 3 amide bonds. The number of aromatic nitrogens is 2. The van der Waals surface area contributed by atoms with E-state index in [1.54, 1.807) is 20.8 Å². The van der Waals surface area contributed by atoms with Crippen LogP contribution in [0.25, 0.3) is 0 Å². The summed E-state index contributed by atoms with van der Waals surface area (Å²) in [4.78, 5) is 42.7. The van der Waals surface area contributed by atoms with Gasteiger partial charge in [-0.05, 0) is 18.4 Å². The summed E-state index contributed by atoms with van der Waals surface area (Å²) < 4.78 is 0. The Hall–Kier alpha value is -2.38. The molecule has 2 fully saturated rings. The molecule has 8 nitrogen and oxygen atoms in total. The molecule has 1 atom stereocenters. The molecule has 3 rings (SSSR count). The maximum atomic E-state index is 12.8. The molecule has 0 saturated carbocycles. The topological polar surface area (TPSA) is 89.6 Å². The third-order valence-corrected chi connectivity index (χ3v) is 4.44. The number of H-pyrrole nitrogens is 1. The fourth-order valence-electron chi connectivity index (χ4n) is 3.36. The first-order valence-corrected chi connectivity index (χ1v) is 8.34. The summed E-state index contributed by atoms with van der Waals surface area (Å²) in [6.07, 6.45) is 2.19. The van der Waals surface area contributed by atoms with Crippen LogP contribution in [0.3, 0.4) is 0 Å². The molecule has 8 heteroatoms. The SMILES string of the molecule is CC(C)CN1CC(=O)N2CCCN(C(=O)c3ccn[nH]3)CC2C1=O. The summed E-state index contributed by atoms with van der Waals surface area (Å²) in [6, 6.07) is 1.03. The van der Waals surface area contributed by atoms with Crippen LogP contribution in [0.4, 0.5) is 0 Å². The van der Waals surface area contributed by atoms with Gasteiger partial charge in [0.25, 0.3) is 5.91 Å². The van der Waals surface area contributed by atoms with Crippen LogP contribution in [0.2, 0.25) is 0 Å². The number of fused-ring (bicyclic) bond motifs is 1. The van der Waals surface area contributed by atoms with Crippen LogP contribution in [0.1, 0.15) is 30.8 Å². The molecule has 0 spiro atoms. The summed E-state index contributed by atoms with van der Waals surface area (Å²) in [6.45, 7) is 6.01. The lowest BCUT2D eigenvalue weighted by atomic mass is 10.1. The van der Waals surface area contributed by atoms with E-state index in [0.29, 0.717) is 37.7 Å². The van der Waals surface area contributed by atoms with Crippen LogP contribution in [-0.2, 0) is 9.59 Å². The average Bonchev–Trinajstić information content (AvgIpc) is 2.96. The van der Waals surface area contributed by atoms with Crippen molar-refractivity contribution in [2.24, 2.45) is 5.92 Å². The monoisotopic (exact) mass is 333 g/mol. The van der Waals surface area contributed by atoms with Gasteiger partial charge in [-0.25, -0.2) is 0 Å². The lowest BCUT2D eigenvalue weighted by Crippen LogP contribution is -2.62.